The van der Waals surface area contributed by atoms with Gasteiger partial charge >= 0.3 is 0 Å². The SMILES string of the molecule is OC[C@@H]1OC(c2ccccc2Cl)O[C@@H]2COC(c3ccccc3Cl)O[C@@H]1[C@H]2O. The van der Waals surface area contributed by atoms with Gasteiger partial charge in [0, 0.05) is 21.2 Å². The van der Waals surface area contributed by atoms with Crippen LogP contribution < -0.4 is 0 Å². The highest BCUT2D eigenvalue weighted by atomic mass is 35.5. The van der Waals surface area contributed by atoms with Crippen LogP contribution in [-0.2, 0) is 18.9 Å². The lowest BCUT2D eigenvalue weighted by molar-refractivity contribution is -0.249. The van der Waals surface area contributed by atoms with E-state index in [1.807, 2.05) is 12.1 Å². The van der Waals surface area contributed by atoms with Gasteiger partial charge in [-0.25, -0.2) is 0 Å². The van der Waals surface area contributed by atoms with E-state index in [1.54, 1.807) is 36.4 Å². The molecule has 2 unspecified atom stereocenters. The van der Waals surface area contributed by atoms with Gasteiger partial charge in [-0.3, -0.25) is 0 Å². The summed E-state index contributed by atoms with van der Waals surface area (Å²) in [5.41, 5.74) is 1.23. The number of hydrogen-bond donors (Lipinski definition) is 2. The van der Waals surface area contributed by atoms with Crippen LogP contribution in [0.1, 0.15) is 23.7 Å². The number of benzene rings is 2. The monoisotopic (exact) mass is 426 g/mol. The number of fused-ring (bicyclic) bond motifs is 2. The molecule has 6 nitrogen and oxygen atoms in total. The smallest absolute Gasteiger partial charge is 0.186 e. The molecule has 2 aromatic carbocycles. The van der Waals surface area contributed by atoms with Crippen LogP contribution in [0.15, 0.2) is 48.5 Å². The predicted molar refractivity (Wildman–Crippen MR) is 102 cm³/mol. The Morgan fingerprint density at radius 3 is 2.07 bits per heavy atom. The summed E-state index contributed by atoms with van der Waals surface area (Å²) in [5.74, 6) is 0. The molecule has 0 amide bonds. The zero-order valence-corrected chi connectivity index (χ0v) is 16.3. The summed E-state index contributed by atoms with van der Waals surface area (Å²) in [5, 5.41) is 21.7. The number of aliphatic hydroxyl groups excluding tert-OH is 2. The van der Waals surface area contributed by atoms with Gasteiger partial charge < -0.3 is 29.2 Å². The molecule has 2 fully saturated rings. The minimum absolute atomic E-state index is 0.0516. The summed E-state index contributed by atoms with van der Waals surface area (Å²) in [7, 11) is 0. The molecule has 6 atom stereocenters. The molecule has 2 N–H and O–H groups in total. The summed E-state index contributed by atoms with van der Waals surface area (Å²) in [6, 6.07) is 14.2. The third-order valence-corrected chi connectivity index (χ3v) is 5.56. The van der Waals surface area contributed by atoms with Gasteiger partial charge in [0.25, 0.3) is 0 Å². The lowest BCUT2D eigenvalue weighted by Gasteiger charge is -2.29. The lowest BCUT2D eigenvalue weighted by Crippen LogP contribution is -2.45. The van der Waals surface area contributed by atoms with Crippen LogP contribution in [0, 0.1) is 0 Å². The van der Waals surface area contributed by atoms with Crippen LogP contribution in [0.5, 0.6) is 0 Å². The molecule has 2 heterocycles. The topological polar surface area (TPSA) is 77.4 Å². The molecule has 2 aliphatic heterocycles. The Balaban J connectivity index is 1.64. The summed E-state index contributed by atoms with van der Waals surface area (Å²) in [6.45, 7) is -0.329. The summed E-state index contributed by atoms with van der Waals surface area (Å²) in [6.07, 6.45) is -5.25. The van der Waals surface area contributed by atoms with Crippen LogP contribution in [-0.4, -0.2) is 47.8 Å². The fourth-order valence-corrected chi connectivity index (χ4v) is 3.85. The molecule has 2 saturated heterocycles. The van der Waals surface area contributed by atoms with Crippen LogP contribution in [0.2, 0.25) is 10.0 Å². The summed E-state index contributed by atoms with van der Waals surface area (Å²) < 4.78 is 23.8. The number of aliphatic hydroxyl groups is 2. The van der Waals surface area contributed by atoms with E-state index in [-0.39, 0.29) is 13.2 Å². The van der Waals surface area contributed by atoms with Crippen molar-refractivity contribution in [3.05, 3.63) is 69.7 Å². The maximum Gasteiger partial charge on any atom is 0.186 e. The molecular weight excluding hydrogens is 407 g/mol. The molecular formula is C20H20Cl2O6. The van der Waals surface area contributed by atoms with E-state index < -0.39 is 37.0 Å². The van der Waals surface area contributed by atoms with E-state index in [2.05, 4.69) is 0 Å². The molecule has 28 heavy (non-hydrogen) atoms. The Hall–Kier alpha value is -1.22. The van der Waals surface area contributed by atoms with E-state index in [9.17, 15) is 10.2 Å². The highest BCUT2D eigenvalue weighted by Crippen LogP contribution is 2.39. The van der Waals surface area contributed by atoms with Gasteiger partial charge in [-0.15, -0.1) is 0 Å². The zero-order chi connectivity index (χ0) is 19.7. The minimum Gasteiger partial charge on any atom is -0.394 e. The zero-order valence-electron chi connectivity index (χ0n) is 14.8. The van der Waals surface area contributed by atoms with Crippen molar-refractivity contribution in [3.63, 3.8) is 0 Å². The Labute approximate surface area is 172 Å². The Morgan fingerprint density at radius 1 is 0.857 bits per heavy atom. The largest absolute Gasteiger partial charge is 0.394 e. The van der Waals surface area contributed by atoms with Crippen molar-refractivity contribution in [1.29, 1.82) is 0 Å². The molecule has 2 aromatic rings. The molecule has 150 valence electrons. The number of ether oxygens (including phenoxy) is 4. The highest BCUT2D eigenvalue weighted by Gasteiger charge is 2.46. The fraction of sp³-hybridized carbons (Fsp3) is 0.400. The number of hydrogen-bond acceptors (Lipinski definition) is 6. The van der Waals surface area contributed by atoms with Crippen LogP contribution in [0.25, 0.3) is 0 Å². The van der Waals surface area contributed by atoms with Crippen molar-refractivity contribution in [2.24, 2.45) is 0 Å². The summed E-state index contributed by atoms with van der Waals surface area (Å²) in [4.78, 5) is 0. The van der Waals surface area contributed by atoms with E-state index in [1.165, 1.54) is 0 Å². The van der Waals surface area contributed by atoms with Crippen LogP contribution in [0.3, 0.4) is 0 Å². The lowest BCUT2D eigenvalue weighted by atomic mass is 10.0. The van der Waals surface area contributed by atoms with Crippen LogP contribution in [0.4, 0.5) is 0 Å². The van der Waals surface area contributed by atoms with E-state index in [0.29, 0.717) is 21.2 Å². The highest BCUT2D eigenvalue weighted by molar-refractivity contribution is 6.31. The van der Waals surface area contributed by atoms with Gasteiger partial charge in [-0.05, 0) is 12.1 Å². The maximum absolute atomic E-state index is 10.8. The Bertz CT molecular complexity index is 817. The van der Waals surface area contributed by atoms with Crippen molar-refractivity contribution in [2.45, 2.75) is 37.0 Å². The molecule has 8 heteroatoms. The van der Waals surface area contributed by atoms with Crippen molar-refractivity contribution in [2.75, 3.05) is 13.2 Å². The predicted octanol–water partition coefficient (Wildman–Crippen LogP) is 3.24. The van der Waals surface area contributed by atoms with E-state index in [0.717, 1.165) is 0 Å². The second kappa shape index (κ2) is 8.65. The van der Waals surface area contributed by atoms with Gasteiger partial charge in [-0.2, -0.15) is 0 Å². The van der Waals surface area contributed by atoms with Gasteiger partial charge in [0.2, 0.25) is 0 Å². The molecule has 4 rings (SSSR count). The van der Waals surface area contributed by atoms with E-state index >= 15 is 0 Å². The normalized spacial score (nSPS) is 33.1. The molecule has 0 radical (unpaired) electrons. The fourth-order valence-electron chi connectivity index (χ4n) is 3.40. The number of halogens is 2. The van der Waals surface area contributed by atoms with Gasteiger partial charge in [0.05, 0.1) is 13.2 Å². The molecule has 0 spiro atoms. The van der Waals surface area contributed by atoms with Crippen molar-refractivity contribution in [3.8, 4) is 0 Å². The second-order valence-corrected chi connectivity index (χ2v) is 7.48. The first-order chi connectivity index (χ1) is 13.6. The molecule has 2 aliphatic rings. The van der Waals surface area contributed by atoms with Gasteiger partial charge in [0.15, 0.2) is 12.6 Å². The Morgan fingerprint density at radius 2 is 1.46 bits per heavy atom. The average molecular weight is 427 g/mol. The summed E-state index contributed by atoms with van der Waals surface area (Å²) >= 11 is 12.5. The van der Waals surface area contributed by atoms with Crippen molar-refractivity contribution < 1.29 is 29.2 Å². The van der Waals surface area contributed by atoms with E-state index in [4.69, 9.17) is 42.1 Å². The average Bonchev–Trinajstić information content (AvgIpc) is 2.94. The van der Waals surface area contributed by atoms with Gasteiger partial charge in [0.1, 0.15) is 24.4 Å². The number of rotatable bonds is 3. The first-order valence-corrected chi connectivity index (χ1v) is 9.70. The standard InChI is InChI=1S/C20H20Cl2O6/c21-13-7-3-1-5-11(13)19-25-10-16-17(24)18(28-19)15(9-23)26-20(27-16)12-6-2-4-8-14(12)22/h1-8,15-20,23-24H,9-10H2/t15-,16+,17-,18-,19?,20?/m0/s1. The molecule has 0 saturated carbocycles. The van der Waals surface area contributed by atoms with Crippen molar-refractivity contribution in [1.82, 2.24) is 0 Å². The molecule has 2 bridgehead atoms. The Kier molecular flexibility index (Phi) is 6.20. The third-order valence-electron chi connectivity index (χ3n) is 4.87. The van der Waals surface area contributed by atoms with Gasteiger partial charge in [-0.1, -0.05) is 59.6 Å². The minimum atomic E-state index is -1.07. The quantitative estimate of drug-likeness (QED) is 0.784. The first-order valence-electron chi connectivity index (χ1n) is 8.94. The third kappa shape index (κ3) is 3.92. The van der Waals surface area contributed by atoms with Crippen molar-refractivity contribution >= 4 is 23.2 Å². The van der Waals surface area contributed by atoms with Crippen LogP contribution >= 0.6 is 23.2 Å². The first kappa shape index (κ1) is 20.1. The second-order valence-electron chi connectivity index (χ2n) is 6.66. The maximum atomic E-state index is 10.8. The molecule has 0 aliphatic carbocycles. The molecule has 0 aromatic heterocycles.